The Balaban J connectivity index is 0.000000308. The number of carboxylic acid groups (broad SMARTS) is 4. The lowest BCUT2D eigenvalue weighted by Crippen LogP contribution is -2.45. The Labute approximate surface area is 459 Å². The van der Waals surface area contributed by atoms with Gasteiger partial charge in [0, 0.05) is 57.3 Å². The number of amides is 2. The second kappa shape index (κ2) is 24.1. The summed E-state index contributed by atoms with van der Waals surface area (Å²) in [5, 5.41) is 62.5. The van der Waals surface area contributed by atoms with E-state index in [4.69, 9.17) is 15.2 Å². The van der Waals surface area contributed by atoms with Gasteiger partial charge in [0.25, 0.3) is 5.91 Å². The first-order chi connectivity index (χ1) is 37.8. The second-order valence-electron chi connectivity index (χ2n) is 19.5. The first-order valence-corrected chi connectivity index (χ1v) is 26.4. The number of alkyl halides is 3. The van der Waals surface area contributed by atoms with Gasteiger partial charge in [0.1, 0.15) is 11.9 Å². The third-order valence-corrected chi connectivity index (χ3v) is 15.7. The van der Waals surface area contributed by atoms with Crippen LogP contribution in [-0.2, 0) is 52.8 Å². The summed E-state index contributed by atoms with van der Waals surface area (Å²) in [5.74, 6) is -10.3. The van der Waals surface area contributed by atoms with Crippen LogP contribution in [0.4, 0.5) is 23.2 Å². The number of sulfone groups is 1. The number of benzene rings is 2. The molecule has 9 N–H and O–H groups in total. The Bertz CT molecular complexity index is 3780. The van der Waals surface area contributed by atoms with Gasteiger partial charge in [0.2, 0.25) is 5.91 Å². The maximum absolute atomic E-state index is 13.6. The Morgan fingerprint density at radius 3 is 2.10 bits per heavy atom. The Hall–Kier alpha value is -9.02. The Morgan fingerprint density at radius 1 is 0.877 bits per heavy atom. The number of aromatic carboxylic acids is 1. The second-order valence-corrected chi connectivity index (χ2v) is 21.4. The zero-order chi connectivity index (χ0) is 60.2. The summed E-state index contributed by atoms with van der Waals surface area (Å²) < 4.78 is 76.6. The highest BCUT2D eigenvalue weighted by Gasteiger charge is 2.39. The molecule has 8 bridgehead atoms. The molecule has 3 aromatic heterocycles. The van der Waals surface area contributed by atoms with Gasteiger partial charge in [-0.25, -0.2) is 27.4 Å². The van der Waals surface area contributed by atoms with Gasteiger partial charge < -0.3 is 46.1 Å². The number of aliphatic hydroxyl groups is 1. The van der Waals surface area contributed by atoms with Crippen LogP contribution in [0.3, 0.4) is 0 Å². The summed E-state index contributed by atoms with van der Waals surface area (Å²) in [6.07, 6.45) is -4.13. The number of fused-ring (bicyclic) bond motifs is 8. The summed E-state index contributed by atoms with van der Waals surface area (Å²) in [6, 6.07) is 11.2. The number of nitriles is 1. The van der Waals surface area contributed by atoms with E-state index in [0.29, 0.717) is 40.6 Å². The number of carboxylic acids is 4. The quantitative estimate of drug-likeness (QED) is 0.0311. The molecular weight excluding hydrogens is 1090 g/mol. The number of H-pyrrole nitrogens is 2. The molecule has 5 aromatic rings. The number of aryl methyl sites for hydroxylation is 3. The predicted molar refractivity (Wildman–Crippen MR) is 287 cm³/mol. The van der Waals surface area contributed by atoms with Gasteiger partial charge in [-0.1, -0.05) is 26.5 Å². The van der Waals surface area contributed by atoms with Crippen LogP contribution in [0.25, 0.3) is 33.2 Å². The summed E-state index contributed by atoms with van der Waals surface area (Å²) in [4.78, 5) is 90.2. The molecule has 2 aromatic carbocycles. The van der Waals surface area contributed by atoms with E-state index in [9.17, 15) is 80.3 Å². The number of halogens is 4. The van der Waals surface area contributed by atoms with Crippen molar-refractivity contribution in [1.29, 1.82) is 5.26 Å². The van der Waals surface area contributed by atoms with Crippen molar-refractivity contribution < 1.29 is 80.3 Å². The monoisotopic (exact) mass is 1140 g/mol. The number of carbonyl (C=O) groups excluding carboxylic acids is 2. The molecule has 4 atom stereocenters. The van der Waals surface area contributed by atoms with Crippen molar-refractivity contribution in [3.8, 4) is 6.07 Å². The van der Waals surface area contributed by atoms with Crippen LogP contribution in [0.1, 0.15) is 125 Å². The zero-order valence-electron chi connectivity index (χ0n) is 44.3. The van der Waals surface area contributed by atoms with Crippen molar-refractivity contribution in [1.82, 2.24) is 25.3 Å². The Morgan fingerprint density at radius 2 is 1.53 bits per heavy atom. The normalized spacial score (nSPS) is 15.3. The van der Waals surface area contributed by atoms with Gasteiger partial charge in [0.15, 0.2) is 15.4 Å². The molecule has 0 aliphatic carbocycles. The van der Waals surface area contributed by atoms with Gasteiger partial charge in [-0.05, 0) is 123 Å². The lowest BCUT2D eigenvalue weighted by atomic mass is 9.85. The predicted octanol–water partition coefficient (Wildman–Crippen LogP) is 8.53. The fraction of sp³-hybridized carbons (Fsp3) is 0.304. The van der Waals surface area contributed by atoms with Crippen molar-refractivity contribution in [2.24, 2.45) is 0 Å². The maximum Gasteiger partial charge on any atom is 0.417 e. The van der Waals surface area contributed by atoms with Crippen LogP contribution in [-0.4, -0.2) is 107 Å². The van der Waals surface area contributed by atoms with E-state index < -0.39 is 111 Å². The van der Waals surface area contributed by atoms with Crippen LogP contribution >= 0.6 is 0 Å². The summed E-state index contributed by atoms with van der Waals surface area (Å²) in [7, 11) is -4.21. The van der Waals surface area contributed by atoms with E-state index in [2.05, 4.69) is 21.9 Å². The number of nitrogens with one attached hydrogen (secondary N) is 4. The molecular formula is C56H55F4N7O13S. The van der Waals surface area contributed by atoms with Gasteiger partial charge in [-0.3, -0.25) is 24.2 Å². The number of nitrogens with zero attached hydrogens (tertiary/aromatic N) is 3. The molecule has 426 valence electrons. The van der Waals surface area contributed by atoms with Crippen molar-refractivity contribution in [2.75, 3.05) is 11.1 Å². The van der Waals surface area contributed by atoms with Crippen molar-refractivity contribution in [3.63, 3.8) is 0 Å². The van der Waals surface area contributed by atoms with Gasteiger partial charge in [-0.2, -0.15) is 18.4 Å². The molecule has 25 heteroatoms. The van der Waals surface area contributed by atoms with Gasteiger partial charge in [0.05, 0.1) is 68.8 Å². The standard InChI is InChI=1S/C38H41N5O9.C18H14F4N2O4S/c1-7-20-16(3)24-12-26-18(5)22(9-10-32(45)46)35(42-26)23(11-31(44)41-30(37(49)50)15-33(47)48)36-34(38(51)52)19(6)27(43-36)14-29-21(8-2)17(4)25(40-29)13-28(20)39-24;1-17(26,10-29(27,28)14-6-3-12(19)4-7-14)16(25)24-13-5-2-11(9-23)15(8-13)18(20,21)22/h7,12-14,18,22,30,40,43H,1,8-11,15H2,2-6H3,(H,41,44)(H,45,46)(H,47,48)(H,49,50)(H,51,52);2-8,26H,10H2,1H3,(H,24,25)/t18-,22-,30-;/m0./s1. The molecule has 2 aliphatic rings. The topological polar surface area (TPSA) is 343 Å². The molecule has 1 unspecified atom stereocenters. The number of anilines is 1. The smallest absolute Gasteiger partial charge is 0.417 e. The van der Waals surface area contributed by atoms with Crippen molar-refractivity contribution in [2.45, 2.75) is 108 Å². The van der Waals surface area contributed by atoms with Crippen LogP contribution in [0.2, 0.25) is 0 Å². The first-order valence-electron chi connectivity index (χ1n) is 24.7. The summed E-state index contributed by atoms with van der Waals surface area (Å²) in [5.41, 5.74) is 3.13. The van der Waals surface area contributed by atoms with E-state index >= 15 is 0 Å². The van der Waals surface area contributed by atoms with Crippen LogP contribution in [0.15, 0.2) is 78.2 Å². The highest BCUT2D eigenvalue weighted by Crippen LogP contribution is 2.43. The average Bonchev–Trinajstić information content (AvgIpc) is 4.22. The third-order valence-electron chi connectivity index (χ3n) is 13.8. The molecule has 0 radical (unpaired) electrons. The average molecular weight is 1140 g/mol. The van der Waals surface area contributed by atoms with E-state index in [-0.39, 0.29) is 45.8 Å². The first kappa shape index (κ1) is 61.2. The largest absolute Gasteiger partial charge is 0.481 e. The van der Waals surface area contributed by atoms with Crippen LogP contribution in [0.5, 0.6) is 0 Å². The molecule has 2 amide bonds. The number of rotatable bonds is 17. The maximum atomic E-state index is 13.6. The van der Waals surface area contributed by atoms with E-state index in [0.717, 1.165) is 76.6 Å². The number of aromatic nitrogens is 4. The van der Waals surface area contributed by atoms with Crippen LogP contribution in [0, 0.1) is 31.0 Å². The fourth-order valence-electron chi connectivity index (χ4n) is 9.54. The van der Waals surface area contributed by atoms with E-state index in [1.165, 1.54) is 6.07 Å². The lowest BCUT2D eigenvalue weighted by molar-refractivity contribution is -0.147. The highest BCUT2D eigenvalue weighted by atomic mass is 32.2. The minimum atomic E-state index is -4.86. The number of aromatic amines is 2. The van der Waals surface area contributed by atoms with Crippen molar-refractivity contribution in [3.05, 3.63) is 141 Å². The summed E-state index contributed by atoms with van der Waals surface area (Å²) in [6.45, 7) is 14.3. The molecule has 2 aliphatic heterocycles. The molecule has 7 rings (SSSR count). The zero-order valence-corrected chi connectivity index (χ0v) is 45.1. The number of hydrogen-bond acceptors (Lipinski definition) is 12. The van der Waals surface area contributed by atoms with Crippen LogP contribution < -0.4 is 10.6 Å². The minimum Gasteiger partial charge on any atom is -0.481 e. The highest BCUT2D eigenvalue weighted by molar-refractivity contribution is 7.91. The van der Waals surface area contributed by atoms with Gasteiger partial charge in [-0.15, -0.1) is 0 Å². The Kier molecular flexibility index (Phi) is 18.2. The lowest BCUT2D eigenvalue weighted by Gasteiger charge is -2.22. The SMILES string of the molecule is C=CC1=C(C)c2cc3nc(c(CC(=O)N[C@@H](CC(=O)O)C(=O)O)c4[nH]c(cc5[nH]c(cc1n2)c(C)c5CC)c(C)c4C(=O)O)[C@@H](CCC(=O)O)[C@@H]3C.CC(O)(CS(=O)(=O)c1ccc(F)cc1)C(=O)Nc1ccc(C#N)c(C(F)(F)F)c1. The molecule has 0 spiro atoms. The van der Waals surface area contributed by atoms with E-state index in [1.807, 2.05) is 39.1 Å². The molecule has 0 fully saturated rings. The van der Waals surface area contributed by atoms with E-state index in [1.54, 1.807) is 25.1 Å². The molecule has 81 heavy (non-hydrogen) atoms. The number of aliphatic carboxylic acids is 3. The number of hydrogen-bond donors (Lipinski definition) is 9. The van der Waals surface area contributed by atoms with Crippen molar-refractivity contribution >= 4 is 84.4 Å². The molecule has 0 saturated carbocycles. The number of carbonyl (C=O) groups is 6. The van der Waals surface area contributed by atoms with Gasteiger partial charge >= 0.3 is 30.1 Å². The fourth-order valence-corrected chi connectivity index (χ4v) is 11.1. The molecule has 5 heterocycles. The summed E-state index contributed by atoms with van der Waals surface area (Å²) >= 11 is 0. The minimum absolute atomic E-state index is 0.0445. The third kappa shape index (κ3) is 13.7. The number of allylic oxidation sites excluding steroid dienone is 3. The molecule has 20 nitrogen and oxygen atoms in total. The molecule has 0 saturated heterocycles.